The molecule has 0 radical (unpaired) electrons. The number of carbonyl (C=O) groups excluding carboxylic acids is 1. The van der Waals surface area contributed by atoms with Crippen molar-refractivity contribution in [3.63, 3.8) is 0 Å². The number of carbonyl (C=O) groups is 1. The van der Waals surface area contributed by atoms with Crippen LogP contribution in [0.2, 0.25) is 0 Å². The van der Waals surface area contributed by atoms with Crippen LogP contribution in [-0.2, 0) is 24.2 Å². The van der Waals surface area contributed by atoms with Crippen molar-refractivity contribution in [3.05, 3.63) is 22.0 Å². The lowest BCUT2D eigenvalue weighted by Crippen LogP contribution is -2.28. The van der Waals surface area contributed by atoms with Gasteiger partial charge in [-0.3, -0.25) is 9.89 Å². The lowest BCUT2D eigenvalue weighted by atomic mass is 10.1. The molecule has 0 aromatic carbocycles. The first-order chi connectivity index (χ1) is 11.1. The summed E-state index contributed by atoms with van der Waals surface area (Å²) < 4.78 is 0.845. The number of aromatic nitrogens is 4. The molecular formula is C15H21N5OS2. The fraction of sp³-hybridized carbons (Fsp3) is 0.600. The molecule has 8 heteroatoms. The van der Waals surface area contributed by atoms with Crippen LogP contribution in [0.5, 0.6) is 0 Å². The highest BCUT2D eigenvalue weighted by Crippen LogP contribution is 2.24. The van der Waals surface area contributed by atoms with E-state index in [4.69, 9.17) is 0 Å². The van der Waals surface area contributed by atoms with Crippen molar-refractivity contribution in [3.8, 4) is 0 Å². The molecule has 0 atom stereocenters. The monoisotopic (exact) mass is 351 g/mol. The summed E-state index contributed by atoms with van der Waals surface area (Å²) in [6, 6.07) is 0. The van der Waals surface area contributed by atoms with Gasteiger partial charge in [0.2, 0.25) is 5.91 Å². The van der Waals surface area contributed by atoms with Gasteiger partial charge in [0, 0.05) is 12.7 Å². The number of amides is 1. The van der Waals surface area contributed by atoms with Gasteiger partial charge < -0.3 is 4.90 Å². The minimum atomic E-state index is 0.0909. The van der Waals surface area contributed by atoms with Gasteiger partial charge in [-0.05, 0) is 38.2 Å². The molecule has 2 aromatic heterocycles. The highest BCUT2D eigenvalue weighted by atomic mass is 32.2. The van der Waals surface area contributed by atoms with E-state index in [1.54, 1.807) is 4.90 Å². The molecule has 6 nitrogen and oxygen atoms in total. The second kappa shape index (κ2) is 7.44. The quantitative estimate of drug-likeness (QED) is 0.662. The largest absolute Gasteiger partial charge is 0.339 e. The minimum Gasteiger partial charge on any atom is -0.339 e. The molecule has 1 N–H and O–H groups in total. The van der Waals surface area contributed by atoms with Gasteiger partial charge in [-0.2, -0.15) is 5.10 Å². The van der Waals surface area contributed by atoms with Crippen molar-refractivity contribution < 1.29 is 4.79 Å². The molecule has 23 heavy (non-hydrogen) atoms. The van der Waals surface area contributed by atoms with Crippen LogP contribution >= 0.6 is 23.1 Å². The summed E-state index contributed by atoms with van der Waals surface area (Å²) in [7, 11) is 1.84. The first kappa shape index (κ1) is 16.4. The Morgan fingerprint density at radius 3 is 2.91 bits per heavy atom. The molecule has 0 bridgehead atoms. The van der Waals surface area contributed by atoms with Crippen LogP contribution in [-0.4, -0.2) is 44.0 Å². The summed E-state index contributed by atoms with van der Waals surface area (Å²) in [4.78, 5) is 14.1. The summed E-state index contributed by atoms with van der Waals surface area (Å²) in [6.07, 6.45) is 5.85. The number of H-pyrrole nitrogens is 1. The standard InChI is InChI=1S/C15H21N5OS2/c1-10-16-19-15(23-10)22-9-14(21)20(2)8-13-11-6-4-3-5-7-12(11)17-18-13/h3-9H2,1-2H3,(H,17,18). The number of aromatic amines is 1. The molecule has 2 aromatic rings. The third-order valence-corrected chi connectivity index (χ3v) is 5.99. The maximum atomic E-state index is 12.3. The van der Waals surface area contributed by atoms with Crippen molar-refractivity contribution in [2.45, 2.75) is 49.9 Å². The highest BCUT2D eigenvalue weighted by Gasteiger charge is 2.19. The first-order valence-electron chi connectivity index (χ1n) is 7.85. The normalized spacial score (nSPS) is 14.3. The molecular weight excluding hydrogens is 330 g/mol. The number of fused-ring (bicyclic) bond motifs is 1. The molecule has 1 amide bonds. The molecule has 1 aliphatic rings. The second-order valence-electron chi connectivity index (χ2n) is 5.81. The topological polar surface area (TPSA) is 74.8 Å². The van der Waals surface area contributed by atoms with E-state index < -0.39 is 0 Å². The van der Waals surface area contributed by atoms with E-state index in [9.17, 15) is 4.79 Å². The third kappa shape index (κ3) is 4.11. The molecule has 1 aliphatic carbocycles. The zero-order valence-corrected chi connectivity index (χ0v) is 15.1. The predicted molar refractivity (Wildman–Crippen MR) is 91.7 cm³/mol. The Morgan fingerprint density at radius 2 is 2.13 bits per heavy atom. The number of rotatable bonds is 5. The number of nitrogens with one attached hydrogen (secondary N) is 1. The average molecular weight is 352 g/mol. The Morgan fingerprint density at radius 1 is 1.30 bits per heavy atom. The van der Waals surface area contributed by atoms with Crippen molar-refractivity contribution in [2.24, 2.45) is 0 Å². The summed E-state index contributed by atoms with van der Waals surface area (Å²) in [5.41, 5.74) is 3.61. The molecule has 124 valence electrons. The summed E-state index contributed by atoms with van der Waals surface area (Å²) in [5, 5.41) is 16.5. The van der Waals surface area contributed by atoms with Gasteiger partial charge in [0.1, 0.15) is 5.01 Å². The Labute approximate surface area is 144 Å². The Balaban J connectivity index is 1.57. The van der Waals surface area contributed by atoms with Crippen LogP contribution in [0.25, 0.3) is 0 Å². The van der Waals surface area contributed by atoms with E-state index in [0.29, 0.717) is 12.3 Å². The molecule has 0 unspecified atom stereocenters. The van der Waals surface area contributed by atoms with Crippen LogP contribution in [0.15, 0.2) is 4.34 Å². The molecule has 0 aliphatic heterocycles. The van der Waals surface area contributed by atoms with Gasteiger partial charge in [0.15, 0.2) is 4.34 Å². The molecule has 3 rings (SSSR count). The van der Waals surface area contributed by atoms with Crippen molar-refractivity contribution >= 4 is 29.0 Å². The lowest BCUT2D eigenvalue weighted by Gasteiger charge is -2.16. The van der Waals surface area contributed by atoms with Gasteiger partial charge in [-0.25, -0.2) is 0 Å². The van der Waals surface area contributed by atoms with Crippen LogP contribution in [0, 0.1) is 6.92 Å². The Bertz CT molecular complexity index is 681. The van der Waals surface area contributed by atoms with E-state index in [-0.39, 0.29) is 5.91 Å². The maximum absolute atomic E-state index is 12.3. The molecule has 0 saturated carbocycles. The van der Waals surface area contributed by atoms with E-state index >= 15 is 0 Å². The van der Waals surface area contributed by atoms with E-state index in [0.717, 1.165) is 27.9 Å². The van der Waals surface area contributed by atoms with Gasteiger partial charge in [0.05, 0.1) is 18.0 Å². The van der Waals surface area contributed by atoms with Crippen molar-refractivity contribution in [1.82, 2.24) is 25.3 Å². The van der Waals surface area contributed by atoms with E-state index in [1.807, 2.05) is 14.0 Å². The Hall–Kier alpha value is -1.41. The van der Waals surface area contributed by atoms with Gasteiger partial charge >= 0.3 is 0 Å². The third-order valence-electron chi connectivity index (χ3n) is 4.03. The maximum Gasteiger partial charge on any atom is 0.233 e. The summed E-state index contributed by atoms with van der Waals surface area (Å²) in [6.45, 7) is 2.49. The summed E-state index contributed by atoms with van der Waals surface area (Å²) in [5.74, 6) is 0.478. The van der Waals surface area contributed by atoms with Crippen LogP contribution in [0.1, 0.15) is 41.2 Å². The van der Waals surface area contributed by atoms with Crippen molar-refractivity contribution in [1.29, 1.82) is 0 Å². The van der Waals surface area contributed by atoms with Crippen LogP contribution < -0.4 is 0 Å². The molecule has 2 heterocycles. The number of hydrogen-bond acceptors (Lipinski definition) is 6. The lowest BCUT2D eigenvalue weighted by molar-refractivity contribution is -0.127. The molecule has 0 spiro atoms. The SMILES string of the molecule is Cc1nnc(SCC(=O)N(C)Cc2n[nH]c3c2CCCCC3)s1. The van der Waals surface area contributed by atoms with Crippen LogP contribution in [0.4, 0.5) is 0 Å². The van der Waals surface area contributed by atoms with E-state index in [1.165, 1.54) is 53.6 Å². The Kier molecular flexibility index (Phi) is 5.32. The zero-order valence-electron chi connectivity index (χ0n) is 13.5. The number of aryl methyl sites for hydroxylation is 2. The molecule has 0 fully saturated rings. The smallest absolute Gasteiger partial charge is 0.233 e. The second-order valence-corrected chi connectivity index (χ2v) is 8.22. The fourth-order valence-electron chi connectivity index (χ4n) is 2.74. The first-order valence-corrected chi connectivity index (χ1v) is 9.65. The predicted octanol–water partition coefficient (Wildman–Crippen LogP) is 2.59. The van der Waals surface area contributed by atoms with Gasteiger partial charge in [-0.1, -0.05) is 29.5 Å². The van der Waals surface area contributed by atoms with Crippen LogP contribution in [0.3, 0.4) is 0 Å². The minimum absolute atomic E-state index is 0.0909. The summed E-state index contributed by atoms with van der Waals surface area (Å²) >= 11 is 2.97. The molecule has 0 saturated heterocycles. The van der Waals surface area contributed by atoms with Gasteiger partial charge in [0.25, 0.3) is 0 Å². The number of thioether (sulfide) groups is 1. The highest BCUT2D eigenvalue weighted by molar-refractivity contribution is 8.01. The van der Waals surface area contributed by atoms with Gasteiger partial charge in [-0.15, -0.1) is 10.2 Å². The van der Waals surface area contributed by atoms with E-state index in [2.05, 4.69) is 20.4 Å². The number of nitrogens with zero attached hydrogens (tertiary/aromatic N) is 4. The zero-order chi connectivity index (χ0) is 16.2. The van der Waals surface area contributed by atoms with Crippen molar-refractivity contribution in [2.75, 3.05) is 12.8 Å². The average Bonchev–Trinajstić information content (AvgIpc) is 3.03. The fourth-order valence-corrected chi connectivity index (χ4v) is 4.50. The number of hydrogen-bond donors (Lipinski definition) is 1.